The van der Waals surface area contributed by atoms with Gasteiger partial charge in [-0.25, -0.2) is 24.3 Å². The molecule has 4 rings (SSSR count). The first-order valence-electron chi connectivity index (χ1n) is 10.7. The lowest BCUT2D eigenvalue weighted by molar-refractivity contribution is -0.286. The number of rotatable bonds is 5. The fourth-order valence-corrected chi connectivity index (χ4v) is 3.90. The molecule has 1 saturated heterocycles. The number of carbonyl (C=O) groups is 4. The lowest BCUT2D eigenvalue weighted by atomic mass is 9.82. The number of carbonyl (C=O) groups excluding carboxylic acids is 4. The Hall–Kier alpha value is -4.50. The van der Waals surface area contributed by atoms with Crippen LogP contribution in [0.5, 0.6) is 11.5 Å². The zero-order valence-corrected chi connectivity index (χ0v) is 19.1. The lowest BCUT2D eigenvalue weighted by Crippen LogP contribution is -2.69. The highest BCUT2D eigenvalue weighted by Crippen LogP contribution is 2.42. The molecule has 38 heavy (non-hydrogen) atoms. The van der Waals surface area contributed by atoms with Gasteiger partial charge in [0.25, 0.3) is 0 Å². The summed E-state index contributed by atoms with van der Waals surface area (Å²) in [5.74, 6) is -7.42. The van der Waals surface area contributed by atoms with Crippen LogP contribution in [0.2, 0.25) is 0 Å². The number of fused-ring (bicyclic) bond motifs is 1. The van der Waals surface area contributed by atoms with Crippen LogP contribution in [0.1, 0.15) is 24.1 Å². The second kappa shape index (κ2) is 9.42. The van der Waals surface area contributed by atoms with Crippen molar-refractivity contribution in [2.75, 3.05) is 5.73 Å². The maximum absolute atomic E-state index is 13.3. The van der Waals surface area contributed by atoms with E-state index in [1.807, 2.05) is 0 Å². The Bertz CT molecular complexity index is 1320. The summed E-state index contributed by atoms with van der Waals surface area (Å²) in [6.45, 7) is 1.40. The third-order valence-corrected chi connectivity index (χ3v) is 5.67. The molecule has 0 bridgehead atoms. The van der Waals surface area contributed by atoms with Gasteiger partial charge in [-0.05, 0) is 48.7 Å². The molecule has 3 atom stereocenters. The highest BCUT2D eigenvalue weighted by Gasteiger charge is 2.57. The fraction of sp³-hybridized carbons (Fsp3) is 0.318. The van der Waals surface area contributed by atoms with Gasteiger partial charge in [-0.2, -0.15) is 13.2 Å². The molecule has 0 unspecified atom stereocenters. The van der Waals surface area contributed by atoms with Gasteiger partial charge < -0.3 is 25.3 Å². The molecule has 202 valence electrons. The molecular weight excluding hydrogens is 527 g/mol. The molecule has 3 N–H and O–H groups in total. The first-order chi connectivity index (χ1) is 17.7. The van der Waals surface area contributed by atoms with E-state index in [-0.39, 0.29) is 29.3 Å². The third-order valence-electron chi connectivity index (χ3n) is 5.67. The smallest absolute Gasteiger partial charge is 0.395 e. The summed E-state index contributed by atoms with van der Waals surface area (Å²) in [4.78, 5) is 53.5. The van der Waals surface area contributed by atoms with E-state index >= 15 is 0 Å². The van der Waals surface area contributed by atoms with Crippen molar-refractivity contribution in [3.05, 3.63) is 47.7 Å². The highest BCUT2D eigenvalue weighted by molar-refractivity contribution is 6.09. The number of anilines is 1. The Balaban J connectivity index is 1.52. The average molecular weight is 544 g/mol. The zero-order valence-electron chi connectivity index (χ0n) is 19.1. The van der Waals surface area contributed by atoms with Gasteiger partial charge in [0.05, 0.1) is 12.0 Å². The molecule has 2 aromatic rings. The van der Waals surface area contributed by atoms with Gasteiger partial charge in [0.1, 0.15) is 5.82 Å². The predicted octanol–water partition coefficient (Wildman–Crippen LogP) is 2.46. The Morgan fingerprint density at radius 3 is 2.53 bits per heavy atom. The number of pyridine rings is 1. The van der Waals surface area contributed by atoms with Crippen molar-refractivity contribution < 1.29 is 55.3 Å². The summed E-state index contributed by atoms with van der Waals surface area (Å²) < 4.78 is 77.0. The topological polar surface area (TPSA) is 150 Å². The molecule has 1 fully saturated rings. The fourth-order valence-electron chi connectivity index (χ4n) is 3.90. The molecule has 0 saturated carbocycles. The van der Waals surface area contributed by atoms with Crippen LogP contribution in [0.4, 0.5) is 32.6 Å². The number of urea groups is 1. The number of ether oxygens (including phenoxy) is 3. The third kappa shape index (κ3) is 5.28. The average Bonchev–Trinajstić information content (AvgIpc) is 3.12. The number of nitrogens with one attached hydrogen (secondary N) is 1. The van der Waals surface area contributed by atoms with E-state index in [4.69, 9.17) is 5.73 Å². The minimum atomic E-state index is -5.50. The number of amides is 3. The normalized spacial score (nSPS) is 20.4. The van der Waals surface area contributed by atoms with Crippen molar-refractivity contribution in [1.82, 2.24) is 15.2 Å². The number of β-lactam (4-membered cyclic amide) rings is 1. The predicted molar refractivity (Wildman–Crippen MR) is 113 cm³/mol. The molecule has 1 aromatic carbocycles. The standard InChI is InChI=1S/C22H17F5N4O7/c1-9(11-2-3-13-14(8-11)38-22(26,27)37-13)30-20(35)31-16(18(33)36-19(34)21(23,24)25)12(17(31)32)6-10-4-5-29-15(28)7-10/h2-5,7-9,12,16H,6H2,1H3,(H2,28,29)(H,30,35)/t9-,12-,16+/m1/s1. The second-order valence-electron chi connectivity index (χ2n) is 8.30. The first-order valence-corrected chi connectivity index (χ1v) is 10.7. The van der Waals surface area contributed by atoms with E-state index in [1.54, 1.807) is 0 Å². The molecule has 2 aliphatic heterocycles. The van der Waals surface area contributed by atoms with Gasteiger partial charge >= 0.3 is 30.4 Å². The molecule has 2 aliphatic rings. The van der Waals surface area contributed by atoms with Crippen molar-refractivity contribution >= 4 is 29.7 Å². The van der Waals surface area contributed by atoms with Crippen LogP contribution in [0, 0.1) is 5.92 Å². The second-order valence-corrected chi connectivity index (χ2v) is 8.30. The van der Waals surface area contributed by atoms with E-state index in [0.29, 0.717) is 10.5 Å². The maximum atomic E-state index is 13.3. The van der Waals surface area contributed by atoms with Crippen LogP contribution in [0.3, 0.4) is 0 Å². The van der Waals surface area contributed by atoms with Crippen LogP contribution in [0.25, 0.3) is 0 Å². The lowest BCUT2D eigenvalue weighted by Gasteiger charge is -2.43. The van der Waals surface area contributed by atoms with E-state index in [1.165, 1.54) is 31.3 Å². The van der Waals surface area contributed by atoms with Crippen LogP contribution in [-0.4, -0.2) is 52.3 Å². The summed E-state index contributed by atoms with van der Waals surface area (Å²) >= 11 is 0. The van der Waals surface area contributed by atoms with E-state index in [0.717, 1.165) is 12.1 Å². The van der Waals surface area contributed by atoms with Gasteiger partial charge in [0, 0.05) is 6.20 Å². The molecule has 0 spiro atoms. The van der Waals surface area contributed by atoms with Crippen molar-refractivity contribution in [2.45, 2.75) is 37.9 Å². The molecular formula is C22H17F5N4O7. The number of alkyl halides is 5. The van der Waals surface area contributed by atoms with Gasteiger partial charge in [-0.1, -0.05) is 6.07 Å². The number of likely N-dealkylation sites (tertiary alicyclic amines) is 1. The van der Waals surface area contributed by atoms with Crippen molar-refractivity contribution in [3.63, 3.8) is 0 Å². The van der Waals surface area contributed by atoms with Crippen LogP contribution < -0.4 is 20.5 Å². The van der Waals surface area contributed by atoms with Gasteiger partial charge in [0.2, 0.25) is 5.91 Å². The molecule has 3 amide bonds. The first kappa shape index (κ1) is 26.6. The molecule has 3 heterocycles. The number of esters is 2. The van der Waals surface area contributed by atoms with Gasteiger partial charge in [0.15, 0.2) is 17.5 Å². The number of aromatic nitrogens is 1. The molecule has 11 nitrogen and oxygen atoms in total. The number of nitrogens with zero attached hydrogens (tertiary/aromatic N) is 2. The SMILES string of the molecule is C[C@@H](NC(=O)N1C(=O)[C@H](Cc2ccnc(N)c2)[C@H]1C(=O)OC(=O)C(F)(F)F)c1ccc2c(c1)OC(F)(F)O2. The van der Waals surface area contributed by atoms with E-state index in [9.17, 15) is 41.1 Å². The van der Waals surface area contributed by atoms with Crippen molar-refractivity contribution in [1.29, 1.82) is 0 Å². The van der Waals surface area contributed by atoms with E-state index in [2.05, 4.69) is 24.5 Å². The highest BCUT2D eigenvalue weighted by atomic mass is 19.4. The Kier molecular flexibility index (Phi) is 6.59. The minimum Gasteiger partial charge on any atom is -0.395 e. The number of nitrogen functional groups attached to an aromatic ring is 1. The number of imide groups is 1. The maximum Gasteiger partial charge on any atom is 0.586 e. The van der Waals surface area contributed by atoms with Crippen molar-refractivity contribution in [3.8, 4) is 11.5 Å². The number of benzene rings is 1. The number of hydrogen-bond acceptors (Lipinski definition) is 9. The van der Waals surface area contributed by atoms with Crippen LogP contribution in [0.15, 0.2) is 36.5 Å². The quantitative estimate of drug-likeness (QED) is 0.250. The zero-order chi connectivity index (χ0) is 28.0. The molecule has 0 radical (unpaired) electrons. The Morgan fingerprint density at radius 2 is 1.87 bits per heavy atom. The van der Waals surface area contributed by atoms with Gasteiger partial charge in [-0.15, -0.1) is 8.78 Å². The minimum absolute atomic E-state index is 0.0607. The molecule has 1 aromatic heterocycles. The summed E-state index contributed by atoms with van der Waals surface area (Å²) in [5.41, 5.74) is 6.18. The summed E-state index contributed by atoms with van der Waals surface area (Å²) in [6, 6.07) is 2.34. The number of halogens is 5. The summed E-state index contributed by atoms with van der Waals surface area (Å²) in [7, 11) is 0. The van der Waals surface area contributed by atoms with Crippen LogP contribution in [-0.2, 0) is 25.5 Å². The molecule has 0 aliphatic carbocycles. The monoisotopic (exact) mass is 544 g/mol. The molecule has 16 heteroatoms. The number of nitrogens with two attached hydrogens (primary N) is 1. The Labute approximate surface area is 209 Å². The van der Waals surface area contributed by atoms with Gasteiger partial charge in [-0.3, -0.25) is 4.79 Å². The Morgan fingerprint density at radius 1 is 1.18 bits per heavy atom. The summed E-state index contributed by atoms with van der Waals surface area (Å²) in [5, 5.41) is 2.34. The largest absolute Gasteiger partial charge is 0.586 e. The van der Waals surface area contributed by atoms with E-state index < -0.39 is 54.3 Å². The van der Waals surface area contributed by atoms with Crippen LogP contribution >= 0.6 is 0 Å². The summed E-state index contributed by atoms with van der Waals surface area (Å²) in [6.07, 6.45) is -8.33. The number of hydrogen-bond donors (Lipinski definition) is 2. The van der Waals surface area contributed by atoms with Crippen molar-refractivity contribution in [2.24, 2.45) is 5.92 Å².